The summed E-state index contributed by atoms with van der Waals surface area (Å²) in [6, 6.07) is 0. The van der Waals surface area contributed by atoms with Crippen LogP contribution in [0.1, 0.15) is 40.5 Å². The summed E-state index contributed by atoms with van der Waals surface area (Å²) in [4.78, 5) is 18.7. The molecule has 0 aliphatic rings. The maximum atomic E-state index is 11.2. The Morgan fingerprint density at radius 3 is 2.47 bits per heavy atom. The maximum Gasteiger partial charge on any atom is 0.353 e. The van der Waals surface area contributed by atoms with E-state index in [4.69, 9.17) is 0 Å². The van der Waals surface area contributed by atoms with Crippen molar-refractivity contribution in [2.75, 3.05) is 17.2 Å². The van der Waals surface area contributed by atoms with Gasteiger partial charge in [0.2, 0.25) is 11.6 Å². The maximum absolute atomic E-state index is 11.2. The number of hydrogen-bond acceptors (Lipinski definition) is 6. The summed E-state index contributed by atoms with van der Waals surface area (Å²) in [6.07, 6.45) is 3.21. The minimum absolute atomic E-state index is 0.103. The second-order valence-electron chi connectivity index (χ2n) is 4.97. The van der Waals surface area contributed by atoms with Crippen LogP contribution in [0, 0.1) is 10.1 Å². The molecule has 0 radical (unpaired) electrons. The third-order valence-electron chi connectivity index (χ3n) is 2.68. The molecule has 2 N–H and O–H groups in total. The molecule has 1 heterocycles. The van der Waals surface area contributed by atoms with Crippen LogP contribution in [-0.4, -0.2) is 27.0 Å². The van der Waals surface area contributed by atoms with Crippen molar-refractivity contribution >= 4 is 17.3 Å². The fourth-order valence-electron chi connectivity index (χ4n) is 1.95. The van der Waals surface area contributed by atoms with Crippen molar-refractivity contribution in [1.82, 2.24) is 9.97 Å². The Hall–Kier alpha value is -1.92. The van der Waals surface area contributed by atoms with Crippen LogP contribution in [0.4, 0.5) is 17.3 Å². The largest absolute Gasteiger partial charge is 0.364 e. The predicted octanol–water partition coefficient (Wildman–Crippen LogP) is 2.81. The van der Waals surface area contributed by atoms with E-state index in [1.54, 1.807) is 0 Å². The summed E-state index contributed by atoms with van der Waals surface area (Å²) in [6.45, 7) is 8.49. The summed E-state index contributed by atoms with van der Waals surface area (Å²) >= 11 is 0. The number of nitrogens with one attached hydrogen (secondary N) is 2. The van der Waals surface area contributed by atoms with Crippen LogP contribution < -0.4 is 10.6 Å². The van der Waals surface area contributed by atoms with E-state index in [9.17, 15) is 10.1 Å². The first-order valence-corrected chi connectivity index (χ1v) is 6.42. The Morgan fingerprint density at radius 1 is 1.32 bits per heavy atom. The zero-order valence-electron chi connectivity index (χ0n) is 11.9. The smallest absolute Gasteiger partial charge is 0.353 e. The van der Waals surface area contributed by atoms with Crippen molar-refractivity contribution in [3.05, 3.63) is 16.4 Å². The van der Waals surface area contributed by atoms with Gasteiger partial charge in [0.25, 0.3) is 0 Å². The van der Waals surface area contributed by atoms with E-state index in [0.717, 1.165) is 12.8 Å². The van der Waals surface area contributed by atoms with Crippen molar-refractivity contribution in [3.8, 4) is 0 Å². The van der Waals surface area contributed by atoms with E-state index in [-0.39, 0.29) is 22.9 Å². The molecule has 19 heavy (non-hydrogen) atoms. The molecule has 0 aliphatic carbocycles. The number of aromatic nitrogens is 2. The van der Waals surface area contributed by atoms with Gasteiger partial charge in [0, 0.05) is 12.1 Å². The first-order valence-electron chi connectivity index (χ1n) is 6.42. The molecule has 7 heteroatoms. The number of anilines is 2. The van der Waals surface area contributed by atoms with Gasteiger partial charge in [-0.05, 0) is 27.2 Å². The minimum atomic E-state index is -0.456. The highest BCUT2D eigenvalue weighted by Crippen LogP contribution is 2.31. The fraction of sp³-hybridized carbons (Fsp3) is 0.667. The predicted molar refractivity (Wildman–Crippen MR) is 75.5 cm³/mol. The molecule has 0 spiro atoms. The van der Waals surface area contributed by atoms with Crippen molar-refractivity contribution in [1.29, 1.82) is 0 Å². The third-order valence-corrected chi connectivity index (χ3v) is 2.68. The molecule has 0 aliphatic heterocycles. The van der Waals surface area contributed by atoms with Gasteiger partial charge in [-0.3, -0.25) is 10.1 Å². The lowest BCUT2D eigenvalue weighted by Gasteiger charge is -2.26. The molecule has 0 bridgehead atoms. The molecule has 0 saturated carbocycles. The average Bonchev–Trinajstić information content (AvgIpc) is 2.28. The molecule has 106 valence electrons. The SMILES string of the molecule is CCCC(C)(C)Nc1ncnc(NCC)c1[N+](=O)[O-]. The Morgan fingerprint density at radius 2 is 1.95 bits per heavy atom. The van der Waals surface area contributed by atoms with E-state index in [2.05, 4.69) is 27.5 Å². The topological polar surface area (TPSA) is 93.0 Å². The Bertz CT molecular complexity index is 448. The highest BCUT2D eigenvalue weighted by Gasteiger charge is 2.27. The average molecular weight is 267 g/mol. The molecule has 7 nitrogen and oxygen atoms in total. The van der Waals surface area contributed by atoms with Gasteiger partial charge < -0.3 is 10.6 Å². The first-order chi connectivity index (χ1) is 8.91. The van der Waals surface area contributed by atoms with Gasteiger partial charge in [-0.25, -0.2) is 9.97 Å². The summed E-state index contributed by atoms with van der Waals surface area (Å²) in [5, 5.41) is 17.2. The number of nitrogens with zero attached hydrogens (tertiary/aromatic N) is 3. The molecule has 0 saturated heterocycles. The number of rotatable bonds is 7. The highest BCUT2D eigenvalue weighted by atomic mass is 16.6. The van der Waals surface area contributed by atoms with Gasteiger partial charge in [0.15, 0.2) is 0 Å². The van der Waals surface area contributed by atoms with Gasteiger partial charge in [0.05, 0.1) is 4.92 Å². The number of hydrogen-bond donors (Lipinski definition) is 2. The summed E-state index contributed by atoms with van der Waals surface area (Å²) in [5.41, 5.74) is -0.356. The summed E-state index contributed by atoms with van der Waals surface area (Å²) in [5.74, 6) is 0.506. The van der Waals surface area contributed by atoms with Crippen LogP contribution in [-0.2, 0) is 0 Å². The number of nitro groups is 1. The summed E-state index contributed by atoms with van der Waals surface area (Å²) < 4.78 is 0. The molecule has 0 aromatic carbocycles. The normalized spacial score (nSPS) is 11.2. The first kappa shape index (κ1) is 15.1. The van der Waals surface area contributed by atoms with Gasteiger partial charge in [-0.1, -0.05) is 13.3 Å². The molecule has 0 unspecified atom stereocenters. The molecule has 0 atom stereocenters. The molecule has 0 amide bonds. The Labute approximate surface area is 113 Å². The van der Waals surface area contributed by atoms with Gasteiger partial charge in [0.1, 0.15) is 6.33 Å². The van der Waals surface area contributed by atoms with Crippen LogP contribution >= 0.6 is 0 Å². The van der Waals surface area contributed by atoms with Crippen LogP contribution in [0.15, 0.2) is 6.33 Å². The molecular formula is C12H21N5O2. The Kier molecular flexibility index (Phi) is 5.02. The fourth-order valence-corrected chi connectivity index (χ4v) is 1.95. The highest BCUT2D eigenvalue weighted by molar-refractivity contribution is 5.69. The van der Waals surface area contributed by atoms with Crippen molar-refractivity contribution in [2.45, 2.75) is 46.1 Å². The molecule has 1 rings (SSSR count). The van der Waals surface area contributed by atoms with Crippen LogP contribution in [0.25, 0.3) is 0 Å². The second-order valence-corrected chi connectivity index (χ2v) is 4.97. The zero-order valence-corrected chi connectivity index (χ0v) is 11.9. The van der Waals surface area contributed by atoms with Gasteiger partial charge in [-0.2, -0.15) is 0 Å². The minimum Gasteiger partial charge on any atom is -0.364 e. The van der Waals surface area contributed by atoms with Crippen molar-refractivity contribution < 1.29 is 4.92 Å². The summed E-state index contributed by atoms with van der Waals surface area (Å²) in [7, 11) is 0. The van der Waals surface area contributed by atoms with Crippen LogP contribution in [0.5, 0.6) is 0 Å². The van der Waals surface area contributed by atoms with E-state index in [0.29, 0.717) is 6.54 Å². The van der Waals surface area contributed by atoms with Crippen molar-refractivity contribution in [2.24, 2.45) is 0 Å². The lowest BCUT2D eigenvalue weighted by Crippen LogP contribution is -2.31. The van der Waals surface area contributed by atoms with E-state index in [1.807, 2.05) is 20.8 Å². The van der Waals surface area contributed by atoms with E-state index < -0.39 is 4.92 Å². The van der Waals surface area contributed by atoms with Gasteiger partial charge in [-0.15, -0.1) is 0 Å². The lowest BCUT2D eigenvalue weighted by molar-refractivity contribution is -0.383. The van der Waals surface area contributed by atoms with Crippen molar-refractivity contribution in [3.63, 3.8) is 0 Å². The zero-order chi connectivity index (χ0) is 14.5. The van der Waals surface area contributed by atoms with E-state index in [1.165, 1.54) is 6.33 Å². The van der Waals surface area contributed by atoms with E-state index >= 15 is 0 Å². The second kappa shape index (κ2) is 6.31. The molecule has 0 fully saturated rings. The molecule has 1 aromatic heterocycles. The van der Waals surface area contributed by atoms with Crippen LogP contribution in [0.3, 0.4) is 0 Å². The standard InChI is InChI=1S/C12H21N5O2/c1-5-7-12(3,4)16-11-9(17(18)19)10(13-6-2)14-8-15-11/h8H,5-7H2,1-4H3,(H2,13,14,15,16). The monoisotopic (exact) mass is 267 g/mol. The quantitative estimate of drug-likeness (QED) is 0.583. The molecular weight excluding hydrogens is 246 g/mol. The van der Waals surface area contributed by atoms with Crippen LogP contribution in [0.2, 0.25) is 0 Å². The third kappa shape index (κ3) is 4.04. The molecule has 1 aromatic rings. The van der Waals surface area contributed by atoms with Gasteiger partial charge >= 0.3 is 5.69 Å². The lowest BCUT2D eigenvalue weighted by atomic mass is 9.99. The Balaban J connectivity index is 3.13.